The van der Waals surface area contributed by atoms with E-state index in [1.54, 1.807) is 24.3 Å². The smallest absolute Gasteiger partial charge is 0.416 e. The molecule has 0 saturated carbocycles. The van der Waals surface area contributed by atoms with Gasteiger partial charge in [-0.2, -0.15) is 13.2 Å². The summed E-state index contributed by atoms with van der Waals surface area (Å²) in [6.07, 6.45) is -4.38. The van der Waals surface area contributed by atoms with Gasteiger partial charge in [-0.1, -0.05) is 41.9 Å². The molecule has 9 heteroatoms. The Morgan fingerprint density at radius 1 is 0.967 bits per heavy atom. The number of benzene rings is 3. The highest BCUT2D eigenvalue weighted by atomic mass is 35.5. The number of halogens is 4. The van der Waals surface area contributed by atoms with E-state index in [4.69, 9.17) is 16.3 Å². The summed E-state index contributed by atoms with van der Waals surface area (Å²) in [5.74, 6) is 1.49. The first kappa shape index (κ1) is 20.4. The predicted molar refractivity (Wildman–Crippen MR) is 113 cm³/mol. The lowest BCUT2D eigenvalue weighted by Gasteiger charge is -2.23. The molecule has 0 unspecified atom stereocenters. The largest absolute Gasteiger partial charge is 0.454 e. The Hall–Kier alpha value is -2.84. The van der Waals surface area contributed by atoms with Gasteiger partial charge < -0.3 is 10.1 Å². The zero-order chi connectivity index (χ0) is 21.1. The predicted octanol–water partition coefficient (Wildman–Crippen LogP) is 6.73. The fraction of sp³-hybridized carbons (Fsp3) is 0.0952. The summed E-state index contributed by atoms with van der Waals surface area (Å²) >= 11 is 7.51. The first-order chi connectivity index (χ1) is 14.4. The van der Waals surface area contributed by atoms with Crippen LogP contribution < -0.4 is 14.8 Å². The van der Waals surface area contributed by atoms with Crippen molar-refractivity contribution in [3.8, 4) is 11.5 Å². The minimum absolute atomic E-state index is 0.0860. The molecule has 3 aromatic rings. The number of aliphatic imine (C=N–C) groups is 1. The third-order valence-electron chi connectivity index (χ3n) is 4.22. The molecule has 4 nitrogen and oxygen atoms in total. The highest BCUT2D eigenvalue weighted by Crippen LogP contribution is 2.40. The van der Waals surface area contributed by atoms with Crippen LogP contribution in [0.4, 0.5) is 18.9 Å². The van der Waals surface area contributed by atoms with Crippen molar-refractivity contribution >= 4 is 35.2 Å². The summed E-state index contributed by atoms with van der Waals surface area (Å²) < 4.78 is 47.7. The maximum absolute atomic E-state index is 12.9. The van der Waals surface area contributed by atoms with Gasteiger partial charge in [0.1, 0.15) is 5.75 Å². The van der Waals surface area contributed by atoms with Crippen molar-refractivity contribution in [3.05, 3.63) is 82.9 Å². The Morgan fingerprint density at radius 2 is 1.73 bits per heavy atom. The number of alkyl halides is 3. The molecule has 0 aliphatic carbocycles. The first-order valence-corrected chi connectivity index (χ1v) is 10.1. The number of anilines is 1. The van der Waals surface area contributed by atoms with Gasteiger partial charge in [-0.3, -0.25) is 4.72 Å². The lowest BCUT2D eigenvalue weighted by molar-refractivity contribution is -0.137. The van der Waals surface area contributed by atoms with Crippen LogP contribution in [-0.2, 0) is 12.7 Å². The molecule has 0 amide bonds. The number of guanidine groups is 1. The van der Waals surface area contributed by atoms with Crippen molar-refractivity contribution in [2.75, 3.05) is 5.32 Å². The molecule has 0 fully saturated rings. The Kier molecular flexibility index (Phi) is 5.78. The molecule has 0 aromatic heterocycles. The number of rotatable bonds is 4. The zero-order valence-electron chi connectivity index (χ0n) is 15.3. The first-order valence-electron chi connectivity index (χ1n) is 8.86. The second kappa shape index (κ2) is 8.49. The number of nitrogens with zero attached hydrogens (tertiary/aromatic N) is 1. The number of ether oxygens (including phenoxy) is 1. The van der Waals surface area contributed by atoms with Crippen LogP contribution in [-0.4, -0.2) is 5.96 Å². The van der Waals surface area contributed by atoms with Gasteiger partial charge in [0.2, 0.25) is 5.96 Å². The molecule has 0 spiro atoms. The van der Waals surface area contributed by atoms with Gasteiger partial charge in [0, 0.05) is 0 Å². The van der Waals surface area contributed by atoms with Crippen molar-refractivity contribution in [2.45, 2.75) is 17.6 Å². The number of hydrogen-bond acceptors (Lipinski definition) is 3. The second-order valence-electron chi connectivity index (χ2n) is 6.35. The number of para-hydroxylation sites is 2. The van der Waals surface area contributed by atoms with E-state index in [1.807, 2.05) is 24.3 Å². The fourth-order valence-corrected chi connectivity index (χ4v) is 3.68. The Labute approximate surface area is 180 Å². The summed E-state index contributed by atoms with van der Waals surface area (Å²) in [7, 11) is 0. The van der Waals surface area contributed by atoms with Gasteiger partial charge in [0.25, 0.3) is 0 Å². The van der Waals surface area contributed by atoms with Crippen molar-refractivity contribution in [3.63, 3.8) is 0 Å². The van der Waals surface area contributed by atoms with Gasteiger partial charge in [-0.25, -0.2) is 4.99 Å². The van der Waals surface area contributed by atoms with Crippen molar-refractivity contribution in [1.29, 1.82) is 0 Å². The molecule has 0 bridgehead atoms. The van der Waals surface area contributed by atoms with E-state index >= 15 is 0 Å². The minimum atomic E-state index is -4.38. The molecule has 3 aromatic carbocycles. The van der Waals surface area contributed by atoms with Gasteiger partial charge in [-0.15, -0.1) is 0 Å². The molecule has 1 aliphatic heterocycles. The molecule has 1 heterocycles. The lowest BCUT2D eigenvalue weighted by atomic mass is 10.1. The SMILES string of the molecule is FC(F)(F)c1cccc(CN=C2NSc3cccc(Oc4ccccc4Cl)c3N2)c1. The van der Waals surface area contributed by atoms with Gasteiger partial charge >= 0.3 is 6.18 Å². The summed E-state index contributed by atoms with van der Waals surface area (Å²) in [4.78, 5) is 5.25. The van der Waals surface area contributed by atoms with E-state index in [0.29, 0.717) is 33.7 Å². The lowest BCUT2D eigenvalue weighted by Crippen LogP contribution is -2.29. The monoisotopic (exact) mass is 449 g/mol. The maximum Gasteiger partial charge on any atom is 0.416 e. The van der Waals surface area contributed by atoms with Crippen molar-refractivity contribution in [2.24, 2.45) is 4.99 Å². The van der Waals surface area contributed by atoms with Crippen molar-refractivity contribution in [1.82, 2.24) is 4.72 Å². The van der Waals surface area contributed by atoms with Gasteiger partial charge in [-0.05, 0) is 53.9 Å². The molecule has 30 heavy (non-hydrogen) atoms. The van der Waals surface area contributed by atoms with E-state index in [1.165, 1.54) is 18.0 Å². The van der Waals surface area contributed by atoms with E-state index < -0.39 is 11.7 Å². The Morgan fingerprint density at radius 3 is 2.53 bits per heavy atom. The van der Waals surface area contributed by atoms with Crippen LogP contribution >= 0.6 is 23.5 Å². The number of hydrogen-bond donors (Lipinski definition) is 2. The normalized spacial score (nSPS) is 14.6. The van der Waals surface area contributed by atoms with Gasteiger partial charge in [0.15, 0.2) is 5.75 Å². The Bertz CT molecular complexity index is 1100. The average Bonchev–Trinajstić information content (AvgIpc) is 2.74. The molecule has 1 aliphatic rings. The molecular weight excluding hydrogens is 435 g/mol. The summed E-state index contributed by atoms with van der Waals surface area (Å²) in [6, 6.07) is 17.8. The molecule has 0 atom stereocenters. The molecular formula is C21H15ClF3N3OS. The molecule has 0 radical (unpaired) electrons. The Balaban J connectivity index is 1.54. The van der Waals surface area contributed by atoms with Crippen LogP contribution in [0, 0.1) is 0 Å². The summed E-state index contributed by atoms with van der Waals surface area (Å²) in [5.41, 5.74) is 0.459. The van der Waals surface area contributed by atoms with Gasteiger partial charge in [0.05, 0.1) is 27.7 Å². The van der Waals surface area contributed by atoms with E-state index in [9.17, 15) is 13.2 Å². The molecule has 0 saturated heterocycles. The number of nitrogens with one attached hydrogen (secondary N) is 2. The summed E-state index contributed by atoms with van der Waals surface area (Å²) in [6.45, 7) is 0.0860. The highest BCUT2D eigenvalue weighted by Gasteiger charge is 2.30. The topological polar surface area (TPSA) is 45.7 Å². The quantitative estimate of drug-likeness (QED) is 0.433. The third kappa shape index (κ3) is 4.66. The second-order valence-corrected chi connectivity index (χ2v) is 7.61. The molecule has 154 valence electrons. The van der Waals surface area contributed by atoms with Crippen LogP contribution in [0.2, 0.25) is 5.02 Å². The number of fused-ring (bicyclic) bond motifs is 1. The summed E-state index contributed by atoms with van der Waals surface area (Å²) in [5, 5.41) is 3.63. The highest BCUT2D eigenvalue weighted by molar-refractivity contribution is 7.98. The van der Waals surface area contributed by atoms with E-state index in [-0.39, 0.29) is 6.54 Å². The van der Waals surface area contributed by atoms with E-state index in [0.717, 1.165) is 17.0 Å². The van der Waals surface area contributed by atoms with Crippen LogP contribution in [0.25, 0.3) is 0 Å². The maximum atomic E-state index is 12.9. The minimum Gasteiger partial charge on any atom is -0.454 e. The van der Waals surface area contributed by atoms with Crippen LogP contribution in [0.5, 0.6) is 11.5 Å². The van der Waals surface area contributed by atoms with E-state index in [2.05, 4.69) is 15.0 Å². The fourth-order valence-electron chi connectivity index (χ4n) is 2.79. The standard InChI is InChI=1S/C21H15ClF3N3OS/c22-15-7-1-2-8-16(15)29-17-9-4-10-18-19(17)27-20(28-30-18)26-12-13-5-3-6-14(11-13)21(23,24)25/h1-11H,12H2,(H2,26,27,28). The van der Waals surface area contributed by atoms with Crippen LogP contribution in [0.3, 0.4) is 0 Å². The van der Waals surface area contributed by atoms with Crippen LogP contribution in [0.15, 0.2) is 76.6 Å². The van der Waals surface area contributed by atoms with Crippen LogP contribution in [0.1, 0.15) is 11.1 Å². The average molecular weight is 450 g/mol. The zero-order valence-corrected chi connectivity index (χ0v) is 16.9. The molecule has 4 rings (SSSR count). The molecule has 2 N–H and O–H groups in total. The third-order valence-corrected chi connectivity index (χ3v) is 5.39. The van der Waals surface area contributed by atoms with Crippen molar-refractivity contribution < 1.29 is 17.9 Å².